The molecule has 0 aromatic heterocycles. The second kappa shape index (κ2) is 9.56. The van der Waals surface area contributed by atoms with E-state index in [4.69, 9.17) is 0 Å². The van der Waals surface area contributed by atoms with E-state index < -0.39 is 0 Å². The van der Waals surface area contributed by atoms with Crippen LogP contribution in [0.25, 0.3) is 0 Å². The first-order valence-corrected chi connectivity index (χ1v) is 10.5. The fourth-order valence-electron chi connectivity index (χ4n) is 4.20. The fourth-order valence-corrected chi connectivity index (χ4v) is 4.20. The van der Waals surface area contributed by atoms with Gasteiger partial charge in [-0.25, -0.2) is 0 Å². The van der Waals surface area contributed by atoms with Gasteiger partial charge in [0.1, 0.15) is 0 Å². The molecule has 1 amide bonds. The zero-order valence-electron chi connectivity index (χ0n) is 17.4. The Bertz CT molecular complexity index is 602. The molecule has 0 N–H and O–H groups in total. The van der Waals surface area contributed by atoms with E-state index in [1.807, 2.05) is 0 Å². The molecule has 0 spiro atoms. The average molecular weight is 373 g/mol. The van der Waals surface area contributed by atoms with Gasteiger partial charge >= 0.3 is 0 Å². The van der Waals surface area contributed by atoms with E-state index in [1.165, 1.54) is 37.1 Å². The summed E-state index contributed by atoms with van der Waals surface area (Å²) in [6.07, 6.45) is 3.76. The number of amides is 1. The Morgan fingerprint density at radius 3 is 2.41 bits per heavy atom. The summed E-state index contributed by atoms with van der Waals surface area (Å²) in [5.74, 6) is 1.14. The maximum Gasteiger partial charge on any atom is 0.236 e. The molecule has 0 bridgehead atoms. The molecular formula is C22H36N4O. The van der Waals surface area contributed by atoms with Crippen LogP contribution in [0.15, 0.2) is 24.3 Å². The average Bonchev–Trinajstić information content (AvgIpc) is 2.67. The summed E-state index contributed by atoms with van der Waals surface area (Å²) in [7, 11) is 4.29. The first kappa shape index (κ1) is 20.2. The van der Waals surface area contributed by atoms with Crippen molar-refractivity contribution in [2.24, 2.45) is 5.92 Å². The minimum Gasteiger partial charge on any atom is -0.368 e. The van der Waals surface area contributed by atoms with Crippen LogP contribution in [0.1, 0.15) is 24.8 Å². The van der Waals surface area contributed by atoms with Gasteiger partial charge in [-0.1, -0.05) is 12.1 Å². The third-order valence-corrected chi connectivity index (χ3v) is 6.05. The quantitative estimate of drug-likeness (QED) is 0.767. The van der Waals surface area contributed by atoms with E-state index in [1.54, 1.807) is 0 Å². The maximum atomic E-state index is 12.7. The van der Waals surface area contributed by atoms with Crippen molar-refractivity contribution in [2.75, 3.05) is 71.4 Å². The van der Waals surface area contributed by atoms with Crippen LogP contribution in [-0.2, 0) is 4.79 Å². The van der Waals surface area contributed by atoms with Crippen LogP contribution in [0.2, 0.25) is 0 Å². The molecule has 27 heavy (non-hydrogen) atoms. The van der Waals surface area contributed by atoms with Gasteiger partial charge in [-0.05, 0) is 83.5 Å². The van der Waals surface area contributed by atoms with E-state index in [-0.39, 0.29) is 0 Å². The molecule has 0 saturated carbocycles. The number of hydrogen-bond donors (Lipinski definition) is 0. The summed E-state index contributed by atoms with van der Waals surface area (Å²) in [5, 5.41) is 0. The second-order valence-electron chi connectivity index (χ2n) is 8.52. The number of nitrogens with zero attached hydrogens (tertiary/aromatic N) is 4. The Morgan fingerprint density at radius 1 is 1.07 bits per heavy atom. The van der Waals surface area contributed by atoms with Gasteiger partial charge < -0.3 is 14.7 Å². The van der Waals surface area contributed by atoms with Gasteiger partial charge in [-0.2, -0.15) is 0 Å². The van der Waals surface area contributed by atoms with Gasteiger partial charge in [0.05, 0.1) is 6.54 Å². The van der Waals surface area contributed by atoms with Crippen LogP contribution in [0, 0.1) is 12.8 Å². The first-order chi connectivity index (χ1) is 13.0. The molecule has 1 aromatic rings. The second-order valence-corrected chi connectivity index (χ2v) is 8.52. The number of piperazine rings is 1. The third-order valence-electron chi connectivity index (χ3n) is 6.05. The van der Waals surface area contributed by atoms with Crippen molar-refractivity contribution in [1.29, 1.82) is 0 Å². The summed E-state index contributed by atoms with van der Waals surface area (Å²) in [5.41, 5.74) is 2.57. The molecule has 2 fully saturated rings. The molecular weight excluding hydrogens is 336 g/mol. The molecule has 5 nitrogen and oxygen atoms in total. The number of rotatable bonds is 6. The lowest BCUT2D eigenvalue weighted by Crippen LogP contribution is -2.52. The highest BCUT2D eigenvalue weighted by Gasteiger charge is 2.25. The van der Waals surface area contributed by atoms with E-state index in [0.29, 0.717) is 12.5 Å². The molecule has 150 valence electrons. The van der Waals surface area contributed by atoms with Crippen LogP contribution < -0.4 is 4.90 Å². The Balaban J connectivity index is 1.39. The predicted octanol–water partition coefficient (Wildman–Crippen LogP) is 2.31. The molecule has 0 radical (unpaired) electrons. The number of carbonyl (C=O) groups is 1. The van der Waals surface area contributed by atoms with Gasteiger partial charge in [0.2, 0.25) is 5.91 Å². The van der Waals surface area contributed by atoms with Crippen molar-refractivity contribution >= 4 is 11.6 Å². The van der Waals surface area contributed by atoms with E-state index in [2.05, 4.69) is 64.9 Å². The summed E-state index contributed by atoms with van der Waals surface area (Å²) < 4.78 is 0. The van der Waals surface area contributed by atoms with Crippen molar-refractivity contribution in [3.05, 3.63) is 29.8 Å². The van der Waals surface area contributed by atoms with E-state index in [0.717, 1.165) is 45.2 Å². The summed E-state index contributed by atoms with van der Waals surface area (Å²) >= 11 is 0. The minimum absolute atomic E-state index is 0.311. The Hall–Kier alpha value is -1.59. The molecule has 2 saturated heterocycles. The Labute approximate surface area is 164 Å². The number of carbonyl (C=O) groups excluding carboxylic acids is 1. The molecule has 1 aromatic carbocycles. The van der Waals surface area contributed by atoms with Crippen molar-refractivity contribution < 1.29 is 4.79 Å². The van der Waals surface area contributed by atoms with Gasteiger partial charge in [-0.3, -0.25) is 9.69 Å². The number of benzene rings is 1. The molecule has 0 aliphatic carbocycles. The van der Waals surface area contributed by atoms with Gasteiger partial charge in [-0.15, -0.1) is 0 Å². The number of anilines is 1. The number of likely N-dealkylation sites (tertiary alicyclic amines) is 1. The van der Waals surface area contributed by atoms with Crippen LogP contribution in [0.5, 0.6) is 0 Å². The Morgan fingerprint density at radius 2 is 1.78 bits per heavy atom. The van der Waals surface area contributed by atoms with Crippen LogP contribution >= 0.6 is 0 Å². The highest BCUT2D eigenvalue weighted by molar-refractivity contribution is 5.78. The van der Waals surface area contributed by atoms with Gasteiger partial charge in [0, 0.05) is 31.9 Å². The maximum absolute atomic E-state index is 12.7. The molecule has 2 aliphatic heterocycles. The fraction of sp³-hybridized carbons (Fsp3) is 0.682. The smallest absolute Gasteiger partial charge is 0.236 e. The topological polar surface area (TPSA) is 30.0 Å². The lowest BCUT2D eigenvalue weighted by molar-refractivity contribution is -0.133. The molecule has 2 heterocycles. The molecule has 2 aliphatic rings. The van der Waals surface area contributed by atoms with Gasteiger partial charge in [0.25, 0.3) is 0 Å². The number of aryl methyl sites for hydroxylation is 1. The van der Waals surface area contributed by atoms with Crippen molar-refractivity contribution in [2.45, 2.75) is 26.2 Å². The molecule has 0 atom stereocenters. The van der Waals surface area contributed by atoms with Crippen molar-refractivity contribution in [1.82, 2.24) is 14.7 Å². The number of piperidine rings is 1. The van der Waals surface area contributed by atoms with E-state index in [9.17, 15) is 4.79 Å². The minimum atomic E-state index is 0.311. The van der Waals surface area contributed by atoms with E-state index >= 15 is 0 Å². The summed E-state index contributed by atoms with van der Waals surface area (Å²) in [6.45, 7) is 9.61. The van der Waals surface area contributed by atoms with Gasteiger partial charge in [0.15, 0.2) is 0 Å². The molecule has 5 heteroatoms. The standard InChI is InChI=1S/C22H36N4O/c1-19-5-4-6-21(17-19)25-13-15-26(16-14-25)22(27)18-24-11-8-20(9-12-24)7-10-23(2)3/h4-6,17,20H,7-16,18H2,1-3H3. The normalized spacial score (nSPS) is 19.7. The zero-order chi connectivity index (χ0) is 19.2. The molecule has 0 unspecified atom stereocenters. The van der Waals surface area contributed by atoms with Crippen molar-refractivity contribution in [3.8, 4) is 0 Å². The highest BCUT2D eigenvalue weighted by Crippen LogP contribution is 2.21. The van der Waals surface area contributed by atoms with Crippen LogP contribution in [0.3, 0.4) is 0 Å². The summed E-state index contributed by atoms with van der Waals surface area (Å²) in [4.78, 5) is 21.8. The Kier molecular flexibility index (Phi) is 7.13. The van der Waals surface area contributed by atoms with Crippen LogP contribution in [0.4, 0.5) is 5.69 Å². The zero-order valence-corrected chi connectivity index (χ0v) is 17.4. The predicted molar refractivity (Wildman–Crippen MR) is 112 cm³/mol. The SMILES string of the molecule is Cc1cccc(N2CCN(C(=O)CN3CCC(CCN(C)C)CC3)CC2)c1. The first-order valence-electron chi connectivity index (χ1n) is 10.5. The molecule has 3 rings (SSSR count). The third kappa shape index (κ3) is 5.94. The summed E-state index contributed by atoms with van der Waals surface area (Å²) in [6, 6.07) is 8.65. The lowest BCUT2D eigenvalue weighted by atomic mass is 9.93. The lowest BCUT2D eigenvalue weighted by Gasteiger charge is -2.38. The highest BCUT2D eigenvalue weighted by atomic mass is 16.2. The largest absolute Gasteiger partial charge is 0.368 e. The monoisotopic (exact) mass is 372 g/mol. The van der Waals surface area contributed by atoms with Crippen LogP contribution in [-0.4, -0.2) is 87.1 Å². The van der Waals surface area contributed by atoms with Crippen molar-refractivity contribution in [3.63, 3.8) is 0 Å². The number of hydrogen-bond acceptors (Lipinski definition) is 4.